The summed E-state index contributed by atoms with van der Waals surface area (Å²) in [7, 11) is 0. The van der Waals surface area contributed by atoms with Gasteiger partial charge in [-0.05, 0) is 44.2 Å². The first-order valence-corrected chi connectivity index (χ1v) is 6.56. The van der Waals surface area contributed by atoms with E-state index < -0.39 is 0 Å². The summed E-state index contributed by atoms with van der Waals surface area (Å²) in [4.78, 5) is 0. The van der Waals surface area contributed by atoms with Crippen LogP contribution in [0.15, 0.2) is 42.5 Å². The van der Waals surface area contributed by atoms with Crippen molar-refractivity contribution in [1.82, 2.24) is 0 Å². The van der Waals surface area contributed by atoms with Crippen molar-refractivity contribution in [2.24, 2.45) is 5.73 Å². The summed E-state index contributed by atoms with van der Waals surface area (Å²) >= 11 is 0. The Kier molecular flexibility index (Phi) is 4.58. The van der Waals surface area contributed by atoms with E-state index in [2.05, 4.69) is 0 Å². The van der Waals surface area contributed by atoms with Crippen molar-refractivity contribution in [1.29, 1.82) is 0 Å². The fourth-order valence-corrected chi connectivity index (χ4v) is 1.90. The molecule has 0 heterocycles. The standard InChI is InChI=1S/C16H18FNO2/c1-3-19-15-6-4-5-7-16(15)20-14-9-8-12(17)10-13(14)11(2)18/h4-11H,3,18H2,1-2H3. The van der Waals surface area contributed by atoms with Crippen LogP contribution < -0.4 is 15.2 Å². The number of para-hydroxylation sites is 2. The molecule has 0 aromatic heterocycles. The van der Waals surface area contributed by atoms with E-state index in [0.29, 0.717) is 29.4 Å². The molecule has 0 aliphatic rings. The Balaban J connectivity index is 2.35. The topological polar surface area (TPSA) is 44.5 Å². The molecule has 0 fully saturated rings. The minimum Gasteiger partial charge on any atom is -0.490 e. The Morgan fingerprint density at radius 1 is 1.10 bits per heavy atom. The molecule has 0 aliphatic carbocycles. The average Bonchev–Trinajstić information content (AvgIpc) is 2.43. The van der Waals surface area contributed by atoms with Crippen LogP contribution in [-0.4, -0.2) is 6.61 Å². The Bertz CT molecular complexity index is 584. The van der Waals surface area contributed by atoms with Crippen LogP contribution in [0.25, 0.3) is 0 Å². The van der Waals surface area contributed by atoms with Crippen molar-refractivity contribution in [2.75, 3.05) is 6.61 Å². The number of rotatable bonds is 5. The highest BCUT2D eigenvalue weighted by Crippen LogP contribution is 2.34. The third-order valence-corrected chi connectivity index (χ3v) is 2.83. The van der Waals surface area contributed by atoms with E-state index in [9.17, 15) is 4.39 Å². The molecule has 4 heteroatoms. The molecular weight excluding hydrogens is 257 g/mol. The summed E-state index contributed by atoms with van der Waals surface area (Å²) in [6.45, 7) is 4.24. The molecule has 2 N–H and O–H groups in total. The first kappa shape index (κ1) is 14.3. The highest BCUT2D eigenvalue weighted by molar-refractivity contribution is 5.45. The Labute approximate surface area is 118 Å². The van der Waals surface area contributed by atoms with Crippen molar-refractivity contribution in [2.45, 2.75) is 19.9 Å². The smallest absolute Gasteiger partial charge is 0.169 e. The number of benzene rings is 2. The number of ether oxygens (including phenoxy) is 2. The molecule has 0 radical (unpaired) electrons. The molecule has 1 unspecified atom stereocenters. The van der Waals surface area contributed by atoms with Gasteiger partial charge in [0.05, 0.1) is 6.61 Å². The van der Waals surface area contributed by atoms with Crippen LogP contribution in [0.2, 0.25) is 0 Å². The van der Waals surface area contributed by atoms with Gasteiger partial charge in [-0.3, -0.25) is 0 Å². The largest absolute Gasteiger partial charge is 0.490 e. The summed E-state index contributed by atoms with van der Waals surface area (Å²) in [5.41, 5.74) is 6.48. The molecule has 2 aromatic carbocycles. The van der Waals surface area contributed by atoms with E-state index in [1.807, 2.05) is 25.1 Å². The molecule has 0 saturated carbocycles. The van der Waals surface area contributed by atoms with Crippen LogP contribution in [0.1, 0.15) is 25.5 Å². The molecule has 106 valence electrons. The van der Waals surface area contributed by atoms with Gasteiger partial charge in [-0.2, -0.15) is 0 Å². The minimum atomic E-state index is -0.331. The molecule has 0 spiro atoms. The highest BCUT2D eigenvalue weighted by Gasteiger charge is 2.12. The molecule has 0 bridgehead atoms. The van der Waals surface area contributed by atoms with Crippen molar-refractivity contribution < 1.29 is 13.9 Å². The second-order valence-electron chi connectivity index (χ2n) is 4.45. The van der Waals surface area contributed by atoms with Gasteiger partial charge in [0.25, 0.3) is 0 Å². The lowest BCUT2D eigenvalue weighted by molar-refractivity contribution is 0.320. The van der Waals surface area contributed by atoms with Gasteiger partial charge in [-0.25, -0.2) is 4.39 Å². The van der Waals surface area contributed by atoms with Crippen LogP contribution >= 0.6 is 0 Å². The molecule has 2 aromatic rings. The zero-order valence-electron chi connectivity index (χ0n) is 11.6. The fraction of sp³-hybridized carbons (Fsp3) is 0.250. The Morgan fingerprint density at radius 2 is 1.80 bits per heavy atom. The van der Waals surface area contributed by atoms with Crippen LogP contribution in [0.3, 0.4) is 0 Å². The van der Waals surface area contributed by atoms with Gasteiger partial charge in [0.2, 0.25) is 0 Å². The predicted molar refractivity (Wildman–Crippen MR) is 76.7 cm³/mol. The number of nitrogens with two attached hydrogens (primary N) is 1. The zero-order chi connectivity index (χ0) is 14.5. The van der Waals surface area contributed by atoms with E-state index in [1.165, 1.54) is 12.1 Å². The van der Waals surface area contributed by atoms with E-state index in [4.69, 9.17) is 15.2 Å². The normalized spacial score (nSPS) is 12.0. The SMILES string of the molecule is CCOc1ccccc1Oc1ccc(F)cc1C(C)N. The molecular formula is C16H18FNO2. The van der Waals surface area contributed by atoms with Gasteiger partial charge in [0.15, 0.2) is 11.5 Å². The van der Waals surface area contributed by atoms with Gasteiger partial charge in [0.1, 0.15) is 11.6 Å². The zero-order valence-corrected chi connectivity index (χ0v) is 11.6. The quantitative estimate of drug-likeness (QED) is 0.895. The Morgan fingerprint density at radius 3 is 2.45 bits per heavy atom. The fourth-order valence-electron chi connectivity index (χ4n) is 1.90. The molecule has 0 aliphatic heterocycles. The maximum absolute atomic E-state index is 13.3. The van der Waals surface area contributed by atoms with Crippen molar-refractivity contribution in [3.63, 3.8) is 0 Å². The van der Waals surface area contributed by atoms with Crippen LogP contribution in [0, 0.1) is 5.82 Å². The van der Waals surface area contributed by atoms with Gasteiger partial charge in [-0.15, -0.1) is 0 Å². The van der Waals surface area contributed by atoms with Crippen LogP contribution in [-0.2, 0) is 0 Å². The third-order valence-electron chi connectivity index (χ3n) is 2.83. The number of hydrogen-bond acceptors (Lipinski definition) is 3. The molecule has 0 saturated heterocycles. The van der Waals surface area contributed by atoms with Crippen LogP contribution in [0.4, 0.5) is 4.39 Å². The second kappa shape index (κ2) is 6.39. The summed E-state index contributed by atoms with van der Waals surface area (Å²) < 4.78 is 24.7. The van der Waals surface area contributed by atoms with Crippen molar-refractivity contribution in [3.8, 4) is 17.2 Å². The van der Waals surface area contributed by atoms with E-state index in [-0.39, 0.29) is 11.9 Å². The minimum absolute atomic E-state index is 0.319. The highest BCUT2D eigenvalue weighted by atomic mass is 19.1. The molecule has 20 heavy (non-hydrogen) atoms. The lowest BCUT2D eigenvalue weighted by Gasteiger charge is -2.16. The first-order valence-electron chi connectivity index (χ1n) is 6.56. The van der Waals surface area contributed by atoms with Crippen molar-refractivity contribution >= 4 is 0 Å². The number of halogens is 1. The third kappa shape index (κ3) is 3.27. The summed E-state index contributed by atoms with van der Waals surface area (Å²) in [6.07, 6.45) is 0. The predicted octanol–water partition coefficient (Wildman–Crippen LogP) is 4.04. The van der Waals surface area contributed by atoms with E-state index >= 15 is 0 Å². The molecule has 3 nitrogen and oxygen atoms in total. The van der Waals surface area contributed by atoms with Gasteiger partial charge in [-0.1, -0.05) is 12.1 Å². The maximum Gasteiger partial charge on any atom is 0.169 e. The second-order valence-corrected chi connectivity index (χ2v) is 4.45. The van der Waals surface area contributed by atoms with Crippen molar-refractivity contribution in [3.05, 3.63) is 53.8 Å². The molecule has 2 rings (SSSR count). The lowest BCUT2D eigenvalue weighted by atomic mass is 10.1. The monoisotopic (exact) mass is 275 g/mol. The summed E-state index contributed by atoms with van der Waals surface area (Å²) in [5, 5.41) is 0. The molecule has 0 amide bonds. The van der Waals surface area contributed by atoms with Gasteiger partial charge in [0, 0.05) is 11.6 Å². The molecule has 1 atom stereocenters. The van der Waals surface area contributed by atoms with Gasteiger partial charge < -0.3 is 15.2 Å². The van der Waals surface area contributed by atoms with E-state index in [0.717, 1.165) is 0 Å². The van der Waals surface area contributed by atoms with Crippen LogP contribution in [0.5, 0.6) is 17.2 Å². The summed E-state index contributed by atoms with van der Waals surface area (Å²) in [6, 6.07) is 11.4. The summed E-state index contributed by atoms with van der Waals surface area (Å²) in [5.74, 6) is 1.44. The maximum atomic E-state index is 13.3. The van der Waals surface area contributed by atoms with E-state index in [1.54, 1.807) is 19.1 Å². The number of hydrogen-bond donors (Lipinski definition) is 1. The Hall–Kier alpha value is -2.07. The first-order chi connectivity index (χ1) is 9.61. The average molecular weight is 275 g/mol. The lowest BCUT2D eigenvalue weighted by Crippen LogP contribution is -2.07. The van der Waals surface area contributed by atoms with Gasteiger partial charge >= 0.3 is 0 Å².